The summed E-state index contributed by atoms with van der Waals surface area (Å²) < 4.78 is 12.3. The van der Waals surface area contributed by atoms with Crippen molar-refractivity contribution in [2.24, 2.45) is 0 Å². The van der Waals surface area contributed by atoms with Crippen molar-refractivity contribution in [1.29, 1.82) is 0 Å². The summed E-state index contributed by atoms with van der Waals surface area (Å²) in [7, 11) is 0. The Morgan fingerprint density at radius 1 is 1.24 bits per heavy atom. The Balaban J connectivity index is 1.79. The summed E-state index contributed by atoms with van der Waals surface area (Å²) in [6.07, 6.45) is 2.54. The molecule has 29 heavy (non-hydrogen) atoms. The molecule has 156 valence electrons. The lowest BCUT2D eigenvalue weighted by atomic mass is 9.83. The highest BCUT2D eigenvalue weighted by atomic mass is 35.5. The van der Waals surface area contributed by atoms with Gasteiger partial charge in [0.1, 0.15) is 17.1 Å². The van der Waals surface area contributed by atoms with E-state index in [9.17, 15) is 4.79 Å². The maximum absolute atomic E-state index is 13.1. The highest BCUT2D eigenvalue weighted by Crippen LogP contribution is 2.42. The fourth-order valence-corrected chi connectivity index (χ4v) is 3.99. The molecule has 0 bridgehead atoms. The second-order valence-electron chi connectivity index (χ2n) is 7.72. The van der Waals surface area contributed by atoms with Crippen LogP contribution in [0, 0.1) is 6.92 Å². The van der Waals surface area contributed by atoms with Crippen LogP contribution >= 0.6 is 11.6 Å². The van der Waals surface area contributed by atoms with E-state index in [1.54, 1.807) is 12.1 Å². The van der Waals surface area contributed by atoms with Crippen molar-refractivity contribution >= 4 is 17.5 Å². The number of carbonyl (C=O) groups excluding carboxylic acids is 1. The third-order valence-corrected chi connectivity index (χ3v) is 6.30. The van der Waals surface area contributed by atoms with Crippen LogP contribution in [0.1, 0.15) is 63.6 Å². The van der Waals surface area contributed by atoms with E-state index in [2.05, 4.69) is 19.2 Å². The van der Waals surface area contributed by atoms with Crippen molar-refractivity contribution in [1.82, 2.24) is 5.32 Å². The lowest BCUT2D eigenvalue weighted by Crippen LogP contribution is -2.47. The molecule has 2 aromatic rings. The Labute approximate surface area is 178 Å². The number of halogens is 1. The first kappa shape index (κ1) is 21.5. The van der Waals surface area contributed by atoms with Crippen LogP contribution in [0.25, 0.3) is 0 Å². The Morgan fingerprint density at radius 2 is 1.97 bits per heavy atom. The van der Waals surface area contributed by atoms with Gasteiger partial charge in [0.25, 0.3) is 5.91 Å². The van der Waals surface area contributed by atoms with Gasteiger partial charge in [-0.1, -0.05) is 50.6 Å². The number of hydrogen-bond donors (Lipinski definition) is 1. The number of ether oxygens (including phenoxy) is 2. The van der Waals surface area contributed by atoms with Gasteiger partial charge in [0, 0.05) is 17.0 Å². The molecule has 0 aromatic heterocycles. The molecule has 1 amide bonds. The summed E-state index contributed by atoms with van der Waals surface area (Å²) in [5.41, 5.74) is 1.69. The summed E-state index contributed by atoms with van der Waals surface area (Å²) in [4.78, 5) is 13.1. The normalized spacial score (nSPS) is 18.3. The van der Waals surface area contributed by atoms with Crippen LogP contribution in [0.2, 0.25) is 5.02 Å². The Morgan fingerprint density at radius 3 is 2.62 bits per heavy atom. The second-order valence-corrected chi connectivity index (χ2v) is 8.13. The lowest BCUT2D eigenvalue weighted by Gasteiger charge is -2.42. The molecular formula is C24H30ClNO3. The molecule has 0 fully saturated rings. The molecule has 2 aromatic carbocycles. The number of benzene rings is 2. The summed E-state index contributed by atoms with van der Waals surface area (Å²) >= 11 is 6.10. The van der Waals surface area contributed by atoms with E-state index in [-0.39, 0.29) is 17.6 Å². The third-order valence-electron chi connectivity index (χ3n) is 5.87. The fourth-order valence-electron chi connectivity index (χ4n) is 3.87. The molecule has 0 unspecified atom stereocenters. The first-order valence-electron chi connectivity index (χ1n) is 10.4. The van der Waals surface area contributed by atoms with Crippen LogP contribution in [0.15, 0.2) is 42.5 Å². The van der Waals surface area contributed by atoms with Crippen LogP contribution < -0.4 is 14.8 Å². The average Bonchev–Trinajstić information content (AvgIpc) is 2.74. The number of hydrogen-bond acceptors (Lipinski definition) is 3. The fraction of sp³-hybridized carbons (Fsp3) is 0.458. The Bertz CT molecular complexity index is 863. The minimum absolute atomic E-state index is 0.100. The van der Waals surface area contributed by atoms with Gasteiger partial charge in [-0.3, -0.25) is 4.79 Å². The van der Waals surface area contributed by atoms with Crippen LogP contribution in [-0.2, 0) is 4.79 Å². The first-order valence-corrected chi connectivity index (χ1v) is 10.8. The van der Waals surface area contributed by atoms with Crippen molar-refractivity contribution in [3.63, 3.8) is 0 Å². The molecule has 1 aliphatic rings. The zero-order chi connectivity index (χ0) is 21.0. The summed E-state index contributed by atoms with van der Waals surface area (Å²) in [6.45, 7) is 8.14. The average molecular weight is 416 g/mol. The summed E-state index contributed by atoms with van der Waals surface area (Å²) in [6, 6.07) is 13.3. The van der Waals surface area contributed by atoms with Crippen molar-refractivity contribution in [3.8, 4) is 11.5 Å². The lowest BCUT2D eigenvalue weighted by molar-refractivity contribution is -0.129. The number of para-hydroxylation sites is 1. The predicted molar refractivity (Wildman–Crippen MR) is 117 cm³/mol. The van der Waals surface area contributed by atoms with Gasteiger partial charge in [-0.2, -0.15) is 0 Å². The predicted octanol–water partition coefficient (Wildman–Crippen LogP) is 6.00. The molecular weight excluding hydrogens is 386 g/mol. The second kappa shape index (κ2) is 9.08. The van der Waals surface area contributed by atoms with Gasteiger partial charge in [-0.05, 0) is 56.0 Å². The van der Waals surface area contributed by atoms with E-state index in [0.717, 1.165) is 36.1 Å². The quantitative estimate of drug-likeness (QED) is 0.602. The Kier molecular flexibility index (Phi) is 6.74. The largest absolute Gasteiger partial charge is 0.487 e. The number of rotatable bonds is 7. The number of nitrogens with one attached hydrogen (secondary N) is 1. The number of carbonyl (C=O) groups is 1. The van der Waals surface area contributed by atoms with E-state index in [1.165, 1.54) is 0 Å². The van der Waals surface area contributed by atoms with Crippen LogP contribution in [-0.4, -0.2) is 17.6 Å². The molecule has 5 heteroatoms. The minimum Gasteiger partial charge on any atom is -0.487 e. The van der Waals surface area contributed by atoms with Gasteiger partial charge in [0.15, 0.2) is 6.10 Å². The van der Waals surface area contributed by atoms with E-state index in [0.29, 0.717) is 17.2 Å². The number of aryl methyl sites for hydroxylation is 1. The van der Waals surface area contributed by atoms with Gasteiger partial charge in [-0.25, -0.2) is 0 Å². The van der Waals surface area contributed by atoms with Gasteiger partial charge in [-0.15, -0.1) is 0 Å². The van der Waals surface area contributed by atoms with Gasteiger partial charge < -0.3 is 14.8 Å². The van der Waals surface area contributed by atoms with Crippen molar-refractivity contribution < 1.29 is 14.3 Å². The molecule has 3 rings (SSSR count). The van der Waals surface area contributed by atoms with Gasteiger partial charge in [0.05, 0.1) is 6.04 Å². The number of fused-ring (bicyclic) bond motifs is 1. The van der Waals surface area contributed by atoms with E-state index in [4.69, 9.17) is 21.1 Å². The SMILES string of the molecule is CC[C@H](Oc1ccc(Cl)c(C)c1)C(=O)N[C@@H]1CC(CC)(CC)Oc2ccccc21. The molecule has 2 atom stereocenters. The summed E-state index contributed by atoms with van der Waals surface area (Å²) in [5.74, 6) is 1.40. The maximum Gasteiger partial charge on any atom is 0.261 e. The smallest absolute Gasteiger partial charge is 0.261 e. The molecule has 1 heterocycles. The van der Waals surface area contributed by atoms with E-state index in [1.807, 2.05) is 44.2 Å². The highest BCUT2D eigenvalue weighted by molar-refractivity contribution is 6.31. The summed E-state index contributed by atoms with van der Waals surface area (Å²) in [5, 5.41) is 3.91. The molecule has 0 spiro atoms. The standard InChI is InChI=1S/C24H30ClNO3/c1-5-21(28-17-12-13-19(25)16(4)14-17)23(27)26-20-15-24(6-2,7-3)29-22-11-9-8-10-18(20)22/h8-14,20-21H,5-7,15H2,1-4H3,(H,26,27)/t20-,21+/m1/s1. The monoisotopic (exact) mass is 415 g/mol. The molecule has 0 aliphatic carbocycles. The van der Waals surface area contributed by atoms with Crippen LogP contribution in [0.3, 0.4) is 0 Å². The molecule has 1 aliphatic heterocycles. The van der Waals surface area contributed by atoms with Crippen LogP contribution in [0.4, 0.5) is 0 Å². The minimum atomic E-state index is -0.566. The van der Waals surface area contributed by atoms with Crippen molar-refractivity contribution in [2.45, 2.75) is 71.1 Å². The molecule has 0 saturated carbocycles. The van der Waals surface area contributed by atoms with E-state index >= 15 is 0 Å². The molecule has 0 saturated heterocycles. The topological polar surface area (TPSA) is 47.6 Å². The maximum atomic E-state index is 13.1. The molecule has 1 N–H and O–H groups in total. The van der Waals surface area contributed by atoms with Crippen molar-refractivity contribution in [3.05, 3.63) is 58.6 Å². The molecule has 0 radical (unpaired) electrons. The van der Waals surface area contributed by atoms with Crippen LogP contribution in [0.5, 0.6) is 11.5 Å². The van der Waals surface area contributed by atoms with Gasteiger partial charge in [0.2, 0.25) is 0 Å². The van der Waals surface area contributed by atoms with Crippen molar-refractivity contribution in [2.75, 3.05) is 0 Å². The highest BCUT2D eigenvalue weighted by Gasteiger charge is 2.39. The Hall–Kier alpha value is -2.20. The number of amides is 1. The van der Waals surface area contributed by atoms with Gasteiger partial charge >= 0.3 is 0 Å². The zero-order valence-corrected chi connectivity index (χ0v) is 18.4. The molecule has 4 nitrogen and oxygen atoms in total. The third kappa shape index (κ3) is 4.69. The first-order chi connectivity index (χ1) is 13.9. The van der Waals surface area contributed by atoms with E-state index < -0.39 is 6.10 Å². The zero-order valence-electron chi connectivity index (χ0n) is 17.6.